The number of rotatable bonds is 3. The number of phenolic OH excluding ortho intramolecular Hbond substituents is 1. The number of phenols is 1. The lowest BCUT2D eigenvalue weighted by molar-refractivity contribution is 0.112. The fourth-order valence-electron chi connectivity index (χ4n) is 2.22. The monoisotopic (exact) mass is 301 g/mol. The van der Waals surface area contributed by atoms with E-state index in [2.05, 4.69) is 17.9 Å². The van der Waals surface area contributed by atoms with Crippen LogP contribution < -0.4 is 16.2 Å². The van der Waals surface area contributed by atoms with E-state index in [1.54, 1.807) is 6.07 Å². The molecule has 2 aromatic rings. The Morgan fingerprint density at radius 3 is 2.62 bits per heavy atom. The molecule has 2 N–H and O–H groups in total. The second-order valence-electron chi connectivity index (χ2n) is 5.02. The molecule has 0 spiro atoms. The van der Waals surface area contributed by atoms with Gasteiger partial charge in [-0.25, -0.2) is 4.39 Å². The summed E-state index contributed by atoms with van der Waals surface area (Å²) >= 11 is 4.14. The van der Waals surface area contributed by atoms with E-state index in [4.69, 9.17) is 0 Å². The molecule has 0 aliphatic rings. The van der Waals surface area contributed by atoms with Gasteiger partial charge in [0.1, 0.15) is 27.3 Å². The maximum atomic E-state index is 14.0. The summed E-state index contributed by atoms with van der Waals surface area (Å²) in [5, 5.41) is 12.7. The maximum absolute atomic E-state index is 14.0. The molecule has 0 bridgehead atoms. The van der Waals surface area contributed by atoms with E-state index >= 15 is 0 Å². The van der Waals surface area contributed by atoms with Crippen molar-refractivity contribution in [2.45, 2.75) is 11.8 Å². The average Bonchev–Trinajstić information content (AvgIpc) is 2.44. The molecule has 21 heavy (non-hydrogen) atoms. The van der Waals surface area contributed by atoms with Gasteiger partial charge in [-0.2, -0.15) is 0 Å². The first kappa shape index (κ1) is 15.5. The van der Waals surface area contributed by atoms with Crippen LogP contribution in [0.1, 0.15) is 15.9 Å². The van der Waals surface area contributed by atoms with Crippen LogP contribution in [-0.4, -0.2) is 27.1 Å². The van der Waals surface area contributed by atoms with Crippen LogP contribution in [0.3, 0.4) is 0 Å². The van der Waals surface area contributed by atoms with Gasteiger partial charge in [0, 0.05) is 11.6 Å². The number of carbonyl (C=O) groups is 1. The van der Waals surface area contributed by atoms with Crippen LogP contribution in [0.15, 0.2) is 23.1 Å². The number of carbonyl (C=O) groups excluding carboxylic acids is 1. The summed E-state index contributed by atoms with van der Waals surface area (Å²) < 4.78 is 14.0. The van der Waals surface area contributed by atoms with Crippen molar-refractivity contribution in [2.24, 2.45) is 0 Å². The van der Waals surface area contributed by atoms with Crippen LogP contribution >= 0.6 is 12.6 Å². The second kappa shape index (κ2) is 5.85. The van der Waals surface area contributed by atoms with E-state index in [0.29, 0.717) is 16.9 Å². The van der Waals surface area contributed by atoms with E-state index < -0.39 is 5.82 Å². The highest BCUT2D eigenvalue weighted by molar-refractivity contribution is 7.80. The molecule has 7 heteroatoms. The van der Waals surface area contributed by atoms with Crippen molar-refractivity contribution in [3.05, 3.63) is 35.1 Å². The number of thiol groups is 1. The number of benzene rings is 2. The smallest absolute Gasteiger partial charge is 0.152 e. The average molecular weight is 301 g/mol. The van der Waals surface area contributed by atoms with Crippen molar-refractivity contribution in [3.8, 4) is 5.75 Å². The molecule has 0 heterocycles. The third-order valence-electron chi connectivity index (χ3n) is 3.35. The summed E-state index contributed by atoms with van der Waals surface area (Å²) in [6.45, 7) is 1.85. The fourth-order valence-corrected chi connectivity index (χ4v) is 2.50. The molecule has 3 nitrogen and oxygen atoms in total. The first-order valence-corrected chi connectivity index (χ1v) is 6.84. The lowest BCUT2D eigenvalue weighted by Crippen LogP contribution is -2.13. The van der Waals surface area contributed by atoms with Gasteiger partial charge >= 0.3 is 0 Å². The summed E-state index contributed by atoms with van der Waals surface area (Å²) in [5.74, 6) is -0.747. The van der Waals surface area contributed by atoms with Crippen LogP contribution in [0, 0.1) is 12.7 Å². The summed E-state index contributed by atoms with van der Waals surface area (Å²) in [7, 11) is 3.37. The second-order valence-corrected chi connectivity index (χ2v) is 5.47. The van der Waals surface area contributed by atoms with Gasteiger partial charge in [0.05, 0.1) is 16.3 Å². The van der Waals surface area contributed by atoms with Gasteiger partial charge in [0.15, 0.2) is 6.29 Å². The van der Waals surface area contributed by atoms with Crippen LogP contribution in [0.5, 0.6) is 5.75 Å². The largest absolute Gasteiger partial charge is 0.508 e. The Morgan fingerprint density at radius 1 is 1.33 bits per heavy atom. The number of aromatic hydroxyl groups is 1. The molecule has 0 atom stereocenters. The molecule has 0 fully saturated rings. The van der Waals surface area contributed by atoms with Crippen LogP contribution in [0.25, 0.3) is 0 Å². The molecule has 106 valence electrons. The zero-order valence-corrected chi connectivity index (χ0v) is 12.9. The van der Waals surface area contributed by atoms with E-state index in [9.17, 15) is 14.3 Å². The lowest BCUT2D eigenvalue weighted by atomic mass is 9.91. The van der Waals surface area contributed by atoms with Gasteiger partial charge in [-0.05, 0) is 17.9 Å². The van der Waals surface area contributed by atoms with E-state index in [1.165, 1.54) is 13.9 Å². The van der Waals surface area contributed by atoms with Gasteiger partial charge in [-0.1, -0.05) is 17.6 Å². The van der Waals surface area contributed by atoms with Crippen molar-refractivity contribution in [1.29, 1.82) is 0 Å². The van der Waals surface area contributed by atoms with Crippen LogP contribution in [0.4, 0.5) is 15.8 Å². The van der Waals surface area contributed by atoms with Crippen molar-refractivity contribution < 1.29 is 14.3 Å². The molecule has 0 saturated carbocycles. The number of aryl methyl sites for hydroxylation is 1. The predicted molar refractivity (Wildman–Crippen MR) is 91.5 cm³/mol. The highest BCUT2D eigenvalue weighted by atomic mass is 32.1. The normalized spacial score (nSPS) is 10.4. The molecule has 0 aliphatic heterocycles. The van der Waals surface area contributed by atoms with Gasteiger partial charge in [-0.15, -0.1) is 12.6 Å². The summed E-state index contributed by atoms with van der Waals surface area (Å²) in [4.78, 5) is 11.3. The van der Waals surface area contributed by atoms with Crippen molar-refractivity contribution in [3.63, 3.8) is 0 Å². The minimum absolute atomic E-state index is 0.0992. The summed E-state index contributed by atoms with van der Waals surface area (Å²) in [6, 6.07) is 5.05. The quantitative estimate of drug-likeness (QED) is 0.431. The molecule has 2 aromatic carbocycles. The third kappa shape index (κ3) is 2.93. The molecule has 0 aliphatic carbocycles. The zero-order chi connectivity index (χ0) is 15.7. The van der Waals surface area contributed by atoms with E-state index in [0.717, 1.165) is 17.3 Å². The van der Waals surface area contributed by atoms with Gasteiger partial charge in [0.25, 0.3) is 0 Å². The molecule has 0 aromatic heterocycles. The number of aldehydes is 1. The van der Waals surface area contributed by atoms with E-state index in [1.807, 2.05) is 20.8 Å². The standard InChI is InChI=1S/C14H14B2FNO2S/c1-6-2-8(15)3-7(5-19)13(6)18-9-4-10(20)11(16)12(17)14(9)21/h2-5,18,20-21H,15-16H2,1H3. The van der Waals surface area contributed by atoms with Gasteiger partial charge < -0.3 is 10.4 Å². The third-order valence-corrected chi connectivity index (χ3v) is 3.79. The Hall–Kier alpha value is -1.88. The molecule has 0 saturated heterocycles. The molecule has 0 amide bonds. The molecular formula is C14H14B2FNO2S. The number of nitrogens with one attached hydrogen (secondary N) is 1. The lowest BCUT2D eigenvalue weighted by Gasteiger charge is -2.16. The Labute approximate surface area is 129 Å². The number of halogens is 1. The molecular weight excluding hydrogens is 287 g/mol. The summed E-state index contributed by atoms with van der Waals surface area (Å²) in [6.07, 6.45) is 0.741. The topological polar surface area (TPSA) is 49.3 Å². The first-order chi connectivity index (χ1) is 9.85. The van der Waals surface area contributed by atoms with Crippen molar-refractivity contribution in [2.75, 3.05) is 5.32 Å². The maximum Gasteiger partial charge on any atom is 0.152 e. The van der Waals surface area contributed by atoms with Crippen LogP contribution in [0.2, 0.25) is 0 Å². The Morgan fingerprint density at radius 2 is 2.00 bits per heavy atom. The first-order valence-electron chi connectivity index (χ1n) is 6.39. The molecule has 0 radical (unpaired) electrons. The highest BCUT2D eigenvalue weighted by Gasteiger charge is 2.15. The molecule has 2 rings (SSSR count). The number of anilines is 2. The van der Waals surface area contributed by atoms with Crippen molar-refractivity contribution >= 4 is 56.9 Å². The van der Waals surface area contributed by atoms with Crippen LogP contribution in [-0.2, 0) is 0 Å². The Bertz CT molecular complexity index is 738. The number of hydrogen-bond donors (Lipinski definition) is 3. The minimum atomic E-state index is -0.585. The SMILES string of the molecule is Bc1cc(C)c(Nc2cc(O)c(B)c(F)c2S)c(C=O)c1. The number of hydrogen-bond acceptors (Lipinski definition) is 4. The Balaban J connectivity index is 2.56. The van der Waals surface area contributed by atoms with E-state index in [-0.39, 0.29) is 16.1 Å². The molecule has 0 unspecified atom stereocenters. The van der Waals surface area contributed by atoms with Gasteiger partial charge in [-0.3, -0.25) is 4.79 Å². The minimum Gasteiger partial charge on any atom is -0.508 e. The summed E-state index contributed by atoms with van der Waals surface area (Å²) in [5.41, 5.74) is 3.32. The van der Waals surface area contributed by atoms with Crippen molar-refractivity contribution in [1.82, 2.24) is 0 Å². The Kier molecular flexibility index (Phi) is 4.32. The zero-order valence-electron chi connectivity index (χ0n) is 12.0. The highest BCUT2D eigenvalue weighted by Crippen LogP contribution is 2.31. The predicted octanol–water partition coefficient (Wildman–Crippen LogP) is 0.201. The fraction of sp³-hybridized carbons (Fsp3) is 0.0714. The van der Waals surface area contributed by atoms with Gasteiger partial charge in [0.2, 0.25) is 0 Å².